The van der Waals surface area contributed by atoms with E-state index in [1.54, 1.807) is 0 Å². The fourth-order valence-electron chi connectivity index (χ4n) is 1.97. The zero-order valence-electron chi connectivity index (χ0n) is 11.1. The van der Waals surface area contributed by atoms with Crippen LogP contribution in [-0.2, 0) is 0 Å². The highest BCUT2D eigenvalue weighted by atomic mass is 16.3. The second-order valence-electron chi connectivity index (χ2n) is 5.49. The van der Waals surface area contributed by atoms with E-state index in [2.05, 4.69) is 31.1 Å². The van der Waals surface area contributed by atoms with E-state index in [9.17, 15) is 5.11 Å². The van der Waals surface area contributed by atoms with Gasteiger partial charge in [0, 0.05) is 11.6 Å². The zero-order chi connectivity index (χ0) is 12.0. The summed E-state index contributed by atoms with van der Waals surface area (Å²) in [5.41, 5.74) is -0.0497. The molecule has 0 aliphatic heterocycles. The molecule has 3 heteroatoms. The Kier molecular flexibility index (Phi) is 5.73. The van der Waals surface area contributed by atoms with Crippen LogP contribution in [0.5, 0.6) is 0 Å². The third-order valence-electron chi connectivity index (χ3n) is 3.54. The second kappa shape index (κ2) is 6.58. The smallest absolute Gasteiger partial charge is 0.0610 e. The van der Waals surface area contributed by atoms with Crippen molar-refractivity contribution in [2.45, 2.75) is 57.5 Å². The summed E-state index contributed by atoms with van der Waals surface area (Å²) in [5, 5.41) is 13.0. The third kappa shape index (κ3) is 5.28. The molecule has 16 heavy (non-hydrogen) atoms. The summed E-state index contributed by atoms with van der Waals surface area (Å²) in [5.74, 6) is 0. The van der Waals surface area contributed by atoms with Crippen molar-refractivity contribution in [2.75, 3.05) is 26.7 Å². The highest BCUT2D eigenvalue weighted by Gasteiger charge is 2.31. The van der Waals surface area contributed by atoms with Gasteiger partial charge < -0.3 is 15.3 Å². The molecule has 3 nitrogen and oxygen atoms in total. The van der Waals surface area contributed by atoms with E-state index in [0.717, 1.165) is 13.0 Å². The van der Waals surface area contributed by atoms with Crippen molar-refractivity contribution in [1.29, 1.82) is 0 Å². The molecule has 0 spiro atoms. The quantitative estimate of drug-likeness (QED) is 0.589. The standard InChI is InChI=1S/C13H28N2O/c1-4-15(3)10-6-5-9-13(2,11-16)14-12-7-8-12/h12,14,16H,4-11H2,1-3H3. The lowest BCUT2D eigenvalue weighted by Gasteiger charge is -2.29. The molecule has 0 bridgehead atoms. The molecule has 1 saturated carbocycles. The second-order valence-corrected chi connectivity index (χ2v) is 5.49. The molecule has 1 atom stereocenters. The zero-order valence-corrected chi connectivity index (χ0v) is 11.1. The third-order valence-corrected chi connectivity index (χ3v) is 3.54. The van der Waals surface area contributed by atoms with Crippen LogP contribution in [0.2, 0.25) is 0 Å². The molecule has 0 aromatic rings. The maximum absolute atomic E-state index is 9.44. The predicted octanol–water partition coefficient (Wildman–Crippen LogP) is 1.61. The van der Waals surface area contributed by atoms with E-state index in [-0.39, 0.29) is 12.1 Å². The molecule has 0 aromatic heterocycles. The monoisotopic (exact) mass is 228 g/mol. The Labute approximate surface area is 100 Å². The number of unbranched alkanes of at least 4 members (excludes halogenated alkanes) is 1. The summed E-state index contributed by atoms with van der Waals surface area (Å²) < 4.78 is 0. The fourth-order valence-corrected chi connectivity index (χ4v) is 1.97. The van der Waals surface area contributed by atoms with Gasteiger partial charge >= 0.3 is 0 Å². The van der Waals surface area contributed by atoms with Gasteiger partial charge in [-0.25, -0.2) is 0 Å². The van der Waals surface area contributed by atoms with Crippen LogP contribution in [0, 0.1) is 0 Å². The normalized spacial score (nSPS) is 20.1. The van der Waals surface area contributed by atoms with Crippen molar-refractivity contribution in [2.24, 2.45) is 0 Å². The van der Waals surface area contributed by atoms with Gasteiger partial charge in [0.2, 0.25) is 0 Å². The molecule has 1 rings (SSSR count). The molecule has 1 aliphatic rings. The van der Waals surface area contributed by atoms with Gasteiger partial charge in [0.05, 0.1) is 6.61 Å². The van der Waals surface area contributed by atoms with E-state index < -0.39 is 0 Å². The summed E-state index contributed by atoms with van der Waals surface area (Å²) in [7, 11) is 2.16. The number of nitrogens with zero attached hydrogens (tertiary/aromatic N) is 1. The Bertz CT molecular complexity index is 194. The molecular weight excluding hydrogens is 200 g/mol. The van der Waals surface area contributed by atoms with Gasteiger partial charge in [0.1, 0.15) is 0 Å². The van der Waals surface area contributed by atoms with Crippen molar-refractivity contribution < 1.29 is 5.11 Å². The lowest BCUT2D eigenvalue weighted by molar-refractivity contribution is 0.159. The number of aliphatic hydroxyl groups excluding tert-OH is 1. The van der Waals surface area contributed by atoms with Crippen molar-refractivity contribution in [3.8, 4) is 0 Å². The first-order valence-corrected chi connectivity index (χ1v) is 6.67. The van der Waals surface area contributed by atoms with Crippen molar-refractivity contribution >= 4 is 0 Å². The molecule has 0 radical (unpaired) electrons. The topological polar surface area (TPSA) is 35.5 Å². The fraction of sp³-hybridized carbons (Fsp3) is 1.00. The van der Waals surface area contributed by atoms with Gasteiger partial charge in [0.25, 0.3) is 0 Å². The first-order valence-electron chi connectivity index (χ1n) is 6.67. The summed E-state index contributed by atoms with van der Waals surface area (Å²) in [6.07, 6.45) is 6.08. The Morgan fingerprint density at radius 3 is 2.56 bits per heavy atom. The van der Waals surface area contributed by atoms with Crippen molar-refractivity contribution in [3.63, 3.8) is 0 Å². The summed E-state index contributed by atoms with van der Waals surface area (Å²) >= 11 is 0. The molecule has 1 unspecified atom stereocenters. The van der Waals surface area contributed by atoms with E-state index >= 15 is 0 Å². The van der Waals surface area contributed by atoms with E-state index in [0.29, 0.717) is 6.04 Å². The predicted molar refractivity (Wildman–Crippen MR) is 68.7 cm³/mol. The molecule has 0 aromatic carbocycles. The average Bonchev–Trinajstić information content (AvgIpc) is 3.08. The van der Waals surface area contributed by atoms with Crippen molar-refractivity contribution in [3.05, 3.63) is 0 Å². The Hall–Kier alpha value is -0.120. The molecule has 96 valence electrons. The van der Waals surface area contributed by atoms with Gasteiger partial charge in [-0.05, 0) is 52.7 Å². The van der Waals surface area contributed by atoms with Gasteiger partial charge in [0.15, 0.2) is 0 Å². The van der Waals surface area contributed by atoms with E-state index in [1.165, 1.54) is 32.2 Å². The molecule has 2 N–H and O–H groups in total. The average molecular weight is 228 g/mol. The number of aliphatic hydroxyl groups is 1. The molecule has 0 amide bonds. The molecular formula is C13H28N2O. The number of rotatable bonds is 9. The highest BCUT2D eigenvalue weighted by Crippen LogP contribution is 2.24. The van der Waals surface area contributed by atoms with Gasteiger partial charge in [-0.2, -0.15) is 0 Å². The van der Waals surface area contributed by atoms with Gasteiger partial charge in [-0.1, -0.05) is 13.3 Å². The lowest BCUT2D eigenvalue weighted by atomic mass is 9.95. The molecule has 0 saturated heterocycles. The Morgan fingerprint density at radius 1 is 1.38 bits per heavy atom. The SMILES string of the molecule is CCN(C)CCCCC(C)(CO)NC1CC1. The Morgan fingerprint density at radius 2 is 2.06 bits per heavy atom. The highest BCUT2D eigenvalue weighted by molar-refractivity contribution is 4.92. The van der Waals surface area contributed by atoms with Crippen LogP contribution < -0.4 is 5.32 Å². The van der Waals surface area contributed by atoms with Crippen LogP contribution in [0.3, 0.4) is 0 Å². The van der Waals surface area contributed by atoms with E-state index in [1.807, 2.05) is 0 Å². The first-order chi connectivity index (χ1) is 7.59. The minimum atomic E-state index is -0.0497. The number of nitrogens with one attached hydrogen (secondary N) is 1. The van der Waals surface area contributed by atoms with E-state index in [4.69, 9.17) is 0 Å². The van der Waals surface area contributed by atoms with Crippen LogP contribution in [0.1, 0.15) is 46.0 Å². The van der Waals surface area contributed by atoms with Crippen LogP contribution in [0.25, 0.3) is 0 Å². The lowest BCUT2D eigenvalue weighted by Crippen LogP contribution is -2.46. The van der Waals surface area contributed by atoms with Crippen LogP contribution in [0.4, 0.5) is 0 Å². The van der Waals surface area contributed by atoms with Crippen LogP contribution in [-0.4, -0.2) is 48.3 Å². The van der Waals surface area contributed by atoms with Gasteiger partial charge in [-0.15, -0.1) is 0 Å². The number of hydrogen-bond donors (Lipinski definition) is 2. The van der Waals surface area contributed by atoms with Crippen molar-refractivity contribution in [1.82, 2.24) is 10.2 Å². The molecule has 1 aliphatic carbocycles. The maximum atomic E-state index is 9.44. The summed E-state index contributed by atoms with van der Waals surface area (Å²) in [4.78, 5) is 2.34. The molecule has 1 fully saturated rings. The van der Waals surface area contributed by atoms with Gasteiger partial charge in [-0.3, -0.25) is 0 Å². The van der Waals surface area contributed by atoms with Crippen LogP contribution >= 0.6 is 0 Å². The molecule has 0 heterocycles. The summed E-state index contributed by atoms with van der Waals surface area (Å²) in [6, 6.07) is 0.676. The number of hydrogen-bond acceptors (Lipinski definition) is 3. The van der Waals surface area contributed by atoms with Crippen LogP contribution in [0.15, 0.2) is 0 Å². The largest absolute Gasteiger partial charge is 0.394 e. The first kappa shape index (κ1) is 13.9. The minimum absolute atomic E-state index is 0.0497. The minimum Gasteiger partial charge on any atom is -0.394 e. The summed E-state index contributed by atoms with van der Waals surface area (Å²) in [6.45, 7) is 6.88. The maximum Gasteiger partial charge on any atom is 0.0610 e. The Balaban J connectivity index is 2.12.